The molecule has 0 aromatic heterocycles. The molecule has 92 valence electrons. The van der Waals surface area contributed by atoms with Crippen LogP contribution < -0.4 is 10.6 Å². The average molecular weight is 232 g/mol. The number of benzene rings is 1. The fourth-order valence-corrected chi connectivity index (χ4v) is 2.65. The molecule has 1 heterocycles. The van der Waals surface area contributed by atoms with Gasteiger partial charge in [-0.2, -0.15) is 0 Å². The van der Waals surface area contributed by atoms with E-state index >= 15 is 0 Å². The summed E-state index contributed by atoms with van der Waals surface area (Å²) in [6, 6.07) is 2.07. The topological polar surface area (TPSA) is 46.3 Å². The maximum atomic E-state index is 12.0. The molecular weight excluding hydrogens is 212 g/mol. The first-order chi connectivity index (χ1) is 8.02. The fraction of sp³-hybridized carbons (Fsp3) is 0.500. The number of hydrogen-bond donors (Lipinski definition) is 1. The Morgan fingerprint density at radius 2 is 1.88 bits per heavy atom. The van der Waals surface area contributed by atoms with Crippen LogP contribution in [0.2, 0.25) is 0 Å². The smallest absolute Gasteiger partial charge is 0.226 e. The minimum atomic E-state index is 0.228. The monoisotopic (exact) mass is 232 g/mol. The van der Waals surface area contributed by atoms with Gasteiger partial charge in [0, 0.05) is 18.7 Å². The molecule has 2 rings (SSSR count). The molecule has 2 N–H and O–H groups in total. The highest BCUT2D eigenvalue weighted by Crippen LogP contribution is 2.33. The van der Waals surface area contributed by atoms with E-state index in [4.69, 9.17) is 5.73 Å². The minimum absolute atomic E-state index is 0.228. The molecular formula is C14H20N2O. The van der Waals surface area contributed by atoms with Gasteiger partial charge in [-0.25, -0.2) is 0 Å². The van der Waals surface area contributed by atoms with Gasteiger partial charge in [-0.1, -0.05) is 6.07 Å². The summed E-state index contributed by atoms with van der Waals surface area (Å²) in [5, 5.41) is 0. The Labute approximate surface area is 103 Å². The van der Waals surface area contributed by atoms with Crippen molar-refractivity contribution < 1.29 is 4.79 Å². The van der Waals surface area contributed by atoms with E-state index in [2.05, 4.69) is 13.0 Å². The van der Waals surface area contributed by atoms with Crippen LogP contribution in [0.1, 0.15) is 36.0 Å². The van der Waals surface area contributed by atoms with Crippen molar-refractivity contribution in [2.45, 2.75) is 40.0 Å². The van der Waals surface area contributed by atoms with Crippen molar-refractivity contribution in [1.82, 2.24) is 0 Å². The zero-order valence-corrected chi connectivity index (χ0v) is 10.8. The number of nitrogen functional groups attached to an aromatic ring is 1. The van der Waals surface area contributed by atoms with Crippen LogP contribution in [0.3, 0.4) is 0 Å². The molecule has 1 aromatic carbocycles. The van der Waals surface area contributed by atoms with Crippen LogP contribution in [0, 0.1) is 20.8 Å². The molecule has 3 nitrogen and oxygen atoms in total. The van der Waals surface area contributed by atoms with Crippen LogP contribution in [-0.2, 0) is 4.79 Å². The van der Waals surface area contributed by atoms with Crippen molar-refractivity contribution in [3.05, 3.63) is 22.8 Å². The molecule has 0 spiro atoms. The third-order valence-electron chi connectivity index (χ3n) is 3.58. The number of nitrogens with zero attached hydrogens (tertiary/aromatic N) is 1. The standard InChI is InChI=1S/C14H20N2O/c1-9-8-10(2)14(11(3)13(9)15)16-7-5-4-6-12(16)17/h8H,4-7,15H2,1-3H3. The van der Waals surface area contributed by atoms with E-state index in [9.17, 15) is 4.79 Å². The molecule has 0 bridgehead atoms. The third-order valence-corrected chi connectivity index (χ3v) is 3.58. The van der Waals surface area contributed by atoms with Gasteiger partial charge >= 0.3 is 0 Å². The van der Waals surface area contributed by atoms with Crippen molar-refractivity contribution in [2.24, 2.45) is 0 Å². The lowest BCUT2D eigenvalue weighted by molar-refractivity contribution is -0.119. The summed E-state index contributed by atoms with van der Waals surface area (Å²) < 4.78 is 0. The van der Waals surface area contributed by atoms with Gasteiger partial charge in [-0.3, -0.25) is 4.79 Å². The largest absolute Gasteiger partial charge is 0.398 e. The van der Waals surface area contributed by atoms with E-state index in [1.165, 1.54) is 0 Å². The van der Waals surface area contributed by atoms with Crippen LogP contribution in [0.15, 0.2) is 6.07 Å². The lowest BCUT2D eigenvalue weighted by Gasteiger charge is -2.30. The maximum absolute atomic E-state index is 12.0. The summed E-state index contributed by atoms with van der Waals surface area (Å²) in [7, 11) is 0. The zero-order chi connectivity index (χ0) is 12.6. The van der Waals surface area contributed by atoms with E-state index in [0.29, 0.717) is 6.42 Å². The SMILES string of the molecule is Cc1cc(C)c(N2CCCCC2=O)c(C)c1N. The molecule has 1 aromatic rings. The molecule has 0 saturated carbocycles. The van der Waals surface area contributed by atoms with Crippen LogP contribution in [-0.4, -0.2) is 12.5 Å². The number of carbonyl (C=O) groups excluding carboxylic acids is 1. The summed E-state index contributed by atoms with van der Waals surface area (Å²) in [4.78, 5) is 13.9. The molecule has 17 heavy (non-hydrogen) atoms. The lowest BCUT2D eigenvalue weighted by atomic mass is 9.99. The van der Waals surface area contributed by atoms with Gasteiger partial charge in [0.05, 0.1) is 5.69 Å². The lowest BCUT2D eigenvalue weighted by Crippen LogP contribution is -2.36. The van der Waals surface area contributed by atoms with E-state index < -0.39 is 0 Å². The zero-order valence-electron chi connectivity index (χ0n) is 10.8. The molecule has 1 amide bonds. The molecule has 1 aliphatic heterocycles. The quantitative estimate of drug-likeness (QED) is 0.757. The molecule has 0 aliphatic carbocycles. The second-order valence-electron chi connectivity index (χ2n) is 4.90. The molecule has 3 heteroatoms. The van der Waals surface area contributed by atoms with Gasteiger partial charge in [0.1, 0.15) is 0 Å². The van der Waals surface area contributed by atoms with Crippen LogP contribution in [0.25, 0.3) is 0 Å². The molecule has 1 saturated heterocycles. The molecule has 0 radical (unpaired) electrons. The highest BCUT2D eigenvalue weighted by Gasteiger charge is 2.23. The summed E-state index contributed by atoms with van der Waals surface area (Å²) in [6.45, 7) is 6.89. The molecule has 1 fully saturated rings. The van der Waals surface area contributed by atoms with E-state index in [1.807, 2.05) is 18.7 Å². The Morgan fingerprint density at radius 1 is 1.18 bits per heavy atom. The second kappa shape index (κ2) is 4.40. The molecule has 1 aliphatic rings. The predicted octanol–water partition coefficient (Wildman–Crippen LogP) is 2.71. The highest BCUT2D eigenvalue weighted by atomic mass is 16.2. The Morgan fingerprint density at radius 3 is 2.53 bits per heavy atom. The Balaban J connectivity index is 2.51. The maximum Gasteiger partial charge on any atom is 0.226 e. The van der Waals surface area contributed by atoms with Gasteiger partial charge < -0.3 is 10.6 Å². The van der Waals surface area contributed by atoms with Gasteiger partial charge in [-0.15, -0.1) is 0 Å². The number of rotatable bonds is 1. The van der Waals surface area contributed by atoms with Gasteiger partial charge in [0.15, 0.2) is 0 Å². The van der Waals surface area contributed by atoms with Gasteiger partial charge in [-0.05, 0) is 50.3 Å². The molecule has 0 atom stereocenters. The fourth-order valence-electron chi connectivity index (χ4n) is 2.65. The average Bonchev–Trinajstić information content (AvgIpc) is 2.29. The van der Waals surface area contributed by atoms with Crippen LogP contribution in [0.5, 0.6) is 0 Å². The first kappa shape index (κ1) is 12.0. The normalized spacial score (nSPS) is 16.4. The second-order valence-corrected chi connectivity index (χ2v) is 4.90. The first-order valence-electron chi connectivity index (χ1n) is 6.19. The summed E-state index contributed by atoms with van der Waals surface area (Å²) >= 11 is 0. The number of carbonyl (C=O) groups is 1. The minimum Gasteiger partial charge on any atom is -0.398 e. The number of amides is 1. The highest BCUT2D eigenvalue weighted by molar-refractivity contribution is 5.96. The number of nitrogens with two attached hydrogens (primary N) is 1. The van der Waals surface area contributed by atoms with Gasteiger partial charge in [0.2, 0.25) is 5.91 Å². The van der Waals surface area contributed by atoms with Crippen LogP contribution in [0.4, 0.5) is 11.4 Å². The van der Waals surface area contributed by atoms with E-state index in [-0.39, 0.29) is 5.91 Å². The number of hydrogen-bond acceptors (Lipinski definition) is 2. The Hall–Kier alpha value is -1.51. The van der Waals surface area contributed by atoms with E-state index in [1.54, 1.807) is 0 Å². The number of aryl methyl sites for hydroxylation is 2. The first-order valence-corrected chi connectivity index (χ1v) is 6.19. The van der Waals surface area contributed by atoms with E-state index in [0.717, 1.165) is 47.5 Å². The van der Waals surface area contributed by atoms with Gasteiger partial charge in [0.25, 0.3) is 0 Å². The number of piperidine rings is 1. The van der Waals surface area contributed by atoms with Crippen molar-refractivity contribution in [2.75, 3.05) is 17.2 Å². The van der Waals surface area contributed by atoms with Crippen molar-refractivity contribution in [1.29, 1.82) is 0 Å². The van der Waals surface area contributed by atoms with Crippen LogP contribution >= 0.6 is 0 Å². The predicted molar refractivity (Wildman–Crippen MR) is 71.3 cm³/mol. The third kappa shape index (κ3) is 2.02. The van der Waals surface area contributed by atoms with Crippen molar-refractivity contribution in [3.8, 4) is 0 Å². The summed E-state index contributed by atoms with van der Waals surface area (Å²) in [6.07, 6.45) is 2.75. The Kier molecular flexibility index (Phi) is 3.09. The van der Waals surface area contributed by atoms with Crippen molar-refractivity contribution in [3.63, 3.8) is 0 Å². The Bertz CT molecular complexity index is 466. The summed E-state index contributed by atoms with van der Waals surface area (Å²) in [5.74, 6) is 0.228. The summed E-state index contributed by atoms with van der Waals surface area (Å²) in [5.41, 5.74) is 11.2. The number of anilines is 2. The molecule has 0 unspecified atom stereocenters. The van der Waals surface area contributed by atoms with Crippen molar-refractivity contribution >= 4 is 17.3 Å².